The lowest BCUT2D eigenvalue weighted by molar-refractivity contribution is 0.358. The van der Waals surface area contributed by atoms with Gasteiger partial charge >= 0.3 is 0 Å². The number of hydrogen-bond acceptors (Lipinski definition) is 1. The number of nitrogens with zero attached hydrogens (tertiary/aromatic N) is 2. The summed E-state index contributed by atoms with van der Waals surface area (Å²) in [6.45, 7) is 15.5. The predicted octanol–water partition coefficient (Wildman–Crippen LogP) is 4.40. The molecule has 0 aliphatic heterocycles. The van der Waals surface area contributed by atoms with Crippen molar-refractivity contribution in [1.29, 1.82) is 0 Å². The maximum atomic E-state index is 4.77. The van der Waals surface area contributed by atoms with Crippen LogP contribution in [0.15, 0.2) is 18.3 Å². The highest BCUT2D eigenvalue weighted by Crippen LogP contribution is 2.30. The SMILES string of the molecule is Cc1c(C(C)(C)C)ccc2cn(C(C)(C)C)nc12. The average molecular weight is 244 g/mol. The van der Waals surface area contributed by atoms with Crippen molar-refractivity contribution in [3.63, 3.8) is 0 Å². The van der Waals surface area contributed by atoms with Gasteiger partial charge in [-0.15, -0.1) is 0 Å². The van der Waals surface area contributed by atoms with Crippen LogP contribution in [0.4, 0.5) is 0 Å². The van der Waals surface area contributed by atoms with Gasteiger partial charge in [-0.25, -0.2) is 0 Å². The first-order valence-electron chi connectivity index (χ1n) is 6.60. The fourth-order valence-corrected chi connectivity index (χ4v) is 2.38. The standard InChI is InChI=1S/C16H24N2/c1-11-13(15(2,3)4)9-8-12-10-18(16(5,6)7)17-14(11)12/h8-10H,1-7H3. The molecule has 2 aromatic rings. The van der Waals surface area contributed by atoms with E-state index in [2.05, 4.69) is 71.5 Å². The maximum absolute atomic E-state index is 4.77. The van der Waals surface area contributed by atoms with Crippen LogP contribution in [-0.2, 0) is 11.0 Å². The normalized spacial score (nSPS) is 13.3. The Morgan fingerprint density at radius 1 is 1.00 bits per heavy atom. The van der Waals surface area contributed by atoms with Gasteiger partial charge in [0.15, 0.2) is 0 Å². The number of rotatable bonds is 0. The highest BCUT2D eigenvalue weighted by Gasteiger charge is 2.20. The molecule has 1 aromatic heterocycles. The molecule has 0 radical (unpaired) electrons. The van der Waals surface area contributed by atoms with Crippen LogP contribution in [0.1, 0.15) is 52.7 Å². The minimum absolute atomic E-state index is 0.0351. The Bertz CT molecular complexity index is 577. The van der Waals surface area contributed by atoms with E-state index in [1.807, 2.05) is 0 Å². The second-order valence-electron chi connectivity index (χ2n) is 7.17. The van der Waals surface area contributed by atoms with Gasteiger partial charge in [-0.1, -0.05) is 32.9 Å². The van der Waals surface area contributed by atoms with E-state index < -0.39 is 0 Å². The van der Waals surface area contributed by atoms with Crippen molar-refractivity contribution in [2.24, 2.45) is 0 Å². The molecule has 2 rings (SSSR count). The zero-order chi connectivity index (χ0) is 13.7. The lowest BCUT2D eigenvalue weighted by Crippen LogP contribution is -2.22. The summed E-state index contributed by atoms with van der Waals surface area (Å²) in [5, 5.41) is 6.01. The summed E-state index contributed by atoms with van der Waals surface area (Å²) in [7, 11) is 0. The Kier molecular flexibility index (Phi) is 2.80. The van der Waals surface area contributed by atoms with Gasteiger partial charge in [-0.05, 0) is 44.2 Å². The average Bonchev–Trinajstić information content (AvgIpc) is 2.59. The van der Waals surface area contributed by atoms with Crippen LogP contribution in [0.2, 0.25) is 0 Å². The fraction of sp³-hybridized carbons (Fsp3) is 0.562. The minimum Gasteiger partial charge on any atom is -0.266 e. The third-order valence-electron chi connectivity index (χ3n) is 3.43. The molecule has 0 N–H and O–H groups in total. The summed E-state index contributed by atoms with van der Waals surface area (Å²) >= 11 is 0. The second kappa shape index (κ2) is 3.84. The van der Waals surface area contributed by atoms with Crippen molar-refractivity contribution >= 4 is 10.9 Å². The van der Waals surface area contributed by atoms with Crippen molar-refractivity contribution in [3.8, 4) is 0 Å². The van der Waals surface area contributed by atoms with Crippen LogP contribution in [0, 0.1) is 6.92 Å². The molecule has 0 saturated heterocycles. The first-order valence-corrected chi connectivity index (χ1v) is 6.60. The van der Waals surface area contributed by atoms with Gasteiger partial charge in [0.25, 0.3) is 0 Å². The lowest BCUT2D eigenvalue weighted by atomic mass is 9.83. The topological polar surface area (TPSA) is 17.8 Å². The summed E-state index contributed by atoms with van der Waals surface area (Å²) in [5.74, 6) is 0. The monoisotopic (exact) mass is 244 g/mol. The van der Waals surface area contributed by atoms with E-state index in [1.165, 1.54) is 16.5 Å². The summed E-state index contributed by atoms with van der Waals surface area (Å²) in [4.78, 5) is 0. The summed E-state index contributed by atoms with van der Waals surface area (Å²) in [6, 6.07) is 4.44. The van der Waals surface area contributed by atoms with Crippen molar-refractivity contribution in [1.82, 2.24) is 9.78 Å². The zero-order valence-electron chi connectivity index (χ0n) is 12.6. The first-order chi connectivity index (χ1) is 8.10. The highest BCUT2D eigenvalue weighted by molar-refractivity contribution is 5.82. The Balaban J connectivity index is 2.69. The number of aryl methyl sites for hydroxylation is 1. The number of hydrogen-bond donors (Lipinski definition) is 0. The van der Waals surface area contributed by atoms with Gasteiger partial charge in [-0.2, -0.15) is 5.10 Å². The van der Waals surface area contributed by atoms with Gasteiger partial charge < -0.3 is 0 Å². The first kappa shape index (κ1) is 13.1. The number of fused-ring (bicyclic) bond motifs is 1. The van der Waals surface area contributed by atoms with E-state index in [0.717, 1.165) is 5.52 Å². The molecular formula is C16H24N2. The summed E-state index contributed by atoms with van der Waals surface area (Å²) in [5.41, 5.74) is 4.03. The molecule has 98 valence electrons. The summed E-state index contributed by atoms with van der Waals surface area (Å²) in [6.07, 6.45) is 2.15. The van der Waals surface area contributed by atoms with E-state index in [4.69, 9.17) is 5.10 Å². The van der Waals surface area contributed by atoms with Crippen LogP contribution < -0.4 is 0 Å². The number of aromatic nitrogens is 2. The quantitative estimate of drug-likeness (QED) is 0.671. The Morgan fingerprint density at radius 3 is 2.11 bits per heavy atom. The minimum atomic E-state index is 0.0351. The van der Waals surface area contributed by atoms with Crippen molar-refractivity contribution < 1.29 is 0 Å². The van der Waals surface area contributed by atoms with Crippen LogP contribution in [0.25, 0.3) is 10.9 Å². The zero-order valence-corrected chi connectivity index (χ0v) is 12.6. The smallest absolute Gasteiger partial charge is 0.0955 e. The lowest BCUT2D eigenvalue weighted by Gasteiger charge is -2.21. The van der Waals surface area contributed by atoms with Crippen molar-refractivity contribution in [2.45, 2.75) is 59.4 Å². The molecule has 0 atom stereocenters. The molecule has 0 fully saturated rings. The molecule has 18 heavy (non-hydrogen) atoms. The van der Waals surface area contributed by atoms with Crippen LogP contribution in [0.5, 0.6) is 0 Å². The largest absolute Gasteiger partial charge is 0.266 e. The molecule has 2 heteroatoms. The van der Waals surface area contributed by atoms with Gasteiger partial charge in [0.05, 0.1) is 11.1 Å². The molecule has 0 amide bonds. The maximum Gasteiger partial charge on any atom is 0.0955 e. The Morgan fingerprint density at radius 2 is 1.61 bits per heavy atom. The molecule has 1 aromatic carbocycles. The van der Waals surface area contributed by atoms with Crippen LogP contribution in [-0.4, -0.2) is 9.78 Å². The molecular weight excluding hydrogens is 220 g/mol. The van der Waals surface area contributed by atoms with Gasteiger partial charge in [0, 0.05) is 11.6 Å². The molecule has 0 saturated carbocycles. The summed E-state index contributed by atoms with van der Waals surface area (Å²) < 4.78 is 2.07. The van der Waals surface area contributed by atoms with Crippen LogP contribution >= 0.6 is 0 Å². The molecule has 0 unspecified atom stereocenters. The third kappa shape index (κ3) is 2.16. The highest BCUT2D eigenvalue weighted by atomic mass is 15.3. The molecule has 0 aliphatic carbocycles. The number of benzene rings is 1. The van der Waals surface area contributed by atoms with E-state index in [0.29, 0.717) is 0 Å². The van der Waals surface area contributed by atoms with E-state index in [9.17, 15) is 0 Å². The Labute approximate surface area is 110 Å². The molecule has 1 heterocycles. The molecule has 0 spiro atoms. The van der Waals surface area contributed by atoms with Crippen LogP contribution in [0.3, 0.4) is 0 Å². The fourth-order valence-electron chi connectivity index (χ4n) is 2.38. The Hall–Kier alpha value is -1.31. The molecule has 0 aliphatic rings. The van der Waals surface area contributed by atoms with Gasteiger partial charge in [0.1, 0.15) is 0 Å². The predicted molar refractivity (Wildman–Crippen MR) is 78.2 cm³/mol. The molecule has 2 nitrogen and oxygen atoms in total. The third-order valence-corrected chi connectivity index (χ3v) is 3.43. The van der Waals surface area contributed by atoms with Gasteiger partial charge in [0.2, 0.25) is 0 Å². The van der Waals surface area contributed by atoms with E-state index >= 15 is 0 Å². The van der Waals surface area contributed by atoms with E-state index in [-0.39, 0.29) is 11.0 Å². The molecule has 0 bridgehead atoms. The van der Waals surface area contributed by atoms with Crippen molar-refractivity contribution in [3.05, 3.63) is 29.5 Å². The van der Waals surface area contributed by atoms with Gasteiger partial charge in [-0.3, -0.25) is 4.68 Å². The van der Waals surface area contributed by atoms with E-state index in [1.54, 1.807) is 0 Å². The second-order valence-corrected chi connectivity index (χ2v) is 7.17. The van der Waals surface area contributed by atoms with Crippen molar-refractivity contribution in [2.75, 3.05) is 0 Å².